The Morgan fingerprint density at radius 2 is 1.57 bits per heavy atom. The lowest BCUT2D eigenvalue weighted by Gasteiger charge is -2.26. The van der Waals surface area contributed by atoms with Gasteiger partial charge in [0, 0.05) is 12.4 Å². The molecule has 0 spiro atoms. The molecule has 2 aromatic heterocycles. The van der Waals surface area contributed by atoms with Crippen LogP contribution < -0.4 is 27.3 Å². The highest BCUT2D eigenvalue weighted by molar-refractivity contribution is 5.72. The molecular formula is C22H24N6O2. The highest BCUT2D eigenvalue weighted by Gasteiger charge is 2.27. The van der Waals surface area contributed by atoms with Crippen molar-refractivity contribution in [2.24, 2.45) is 5.84 Å². The van der Waals surface area contributed by atoms with E-state index in [2.05, 4.69) is 33.6 Å². The van der Waals surface area contributed by atoms with E-state index in [-0.39, 0.29) is 12.3 Å². The van der Waals surface area contributed by atoms with Crippen LogP contribution in [-0.2, 0) is 0 Å². The summed E-state index contributed by atoms with van der Waals surface area (Å²) in [4.78, 5) is 0. The van der Waals surface area contributed by atoms with Gasteiger partial charge in [-0.1, -0.05) is 18.2 Å². The summed E-state index contributed by atoms with van der Waals surface area (Å²) in [5.74, 6) is 9.52. The number of nitrogens with two attached hydrogens (primary N) is 1. The van der Waals surface area contributed by atoms with E-state index in [1.807, 2.05) is 62.6 Å². The number of rotatable bonds is 4. The minimum absolute atomic E-state index is 0.169. The van der Waals surface area contributed by atoms with Gasteiger partial charge in [-0.15, -0.1) is 0 Å². The average molecular weight is 404 g/mol. The monoisotopic (exact) mass is 404 g/mol. The Labute approximate surface area is 174 Å². The Morgan fingerprint density at radius 1 is 0.867 bits per heavy atom. The lowest BCUT2D eigenvalue weighted by Crippen LogP contribution is -2.44. The van der Waals surface area contributed by atoms with Crippen LogP contribution in [0.15, 0.2) is 69.8 Å². The molecule has 8 nitrogen and oxygen atoms in total. The second kappa shape index (κ2) is 7.33. The third kappa shape index (κ3) is 3.42. The lowest BCUT2D eigenvalue weighted by molar-refractivity contribution is 0.250. The summed E-state index contributed by atoms with van der Waals surface area (Å²) in [5.41, 5.74) is 10.2. The van der Waals surface area contributed by atoms with Crippen LogP contribution in [0.4, 0.5) is 0 Å². The first-order valence-electron chi connectivity index (χ1n) is 9.79. The van der Waals surface area contributed by atoms with Crippen molar-refractivity contribution in [3.8, 4) is 0 Å². The van der Waals surface area contributed by atoms with Crippen molar-refractivity contribution in [3.63, 3.8) is 0 Å². The molecule has 0 bridgehead atoms. The van der Waals surface area contributed by atoms with Gasteiger partial charge in [0.25, 0.3) is 0 Å². The van der Waals surface area contributed by atoms with E-state index >= 15 is 0 Å². The molecule has 2 atom stereocenters. The molecule has 30 heavy (non-hydrogen) atoms. The molecule has 0 amide bonds. The second-order valence-electron chi connectivity index (χ2n) is 7.44. The largest absolute Gasteiger partial charge is 0.463 e. The molecule has 8 heteroatoms. The molecule has 0 saturated heterocycles. The van der Waals surface area contributed by atoms with Crippen molar-refractivity contribution in [1.82, 2.24) is 26.5 Å². The van der Waals surface area contributed by atoms with E-state index in [9.17, 15) is 0 Å². The van der Waals surface area contributed by atoms with Crippen LogP contribution in [0, 0.1) is 13.8 Å². The van der Waals surface area contributed by atoms with Crippen molar-refractivity contribution in [3.05, 3.63) is 95.1 Å². The molecule has 5 rings (SSSR count). The summed E-state index contributed by atoms with van der Waals surface area (Å²) < 4.78 is 11.5. The molecule has 2 unspecified atom stereocenters. The number of hydrogen-bond donors (Lipinski definition) is 5. The zero-order valence-electron chi connectivity index (χ0n) is 16.8. The van der Waals surface area contributed by atoms with E-state index in [1.165, 1.54) is 0 Å². The molecule has 2 aliphatic rings. The first kappa shape index (κ1) is 18.4. The molecule has 1 aromatic carbocycles. The summed E-state index contributed by atoms with van der Waals surface area (Å²) in [7, 11) is 0. The maximum Gasteiger partial charge on any atom is 0.172 e. The van der Waals surface area contributed by atoms with Crippen molar-refractivity contribution in [1.29, 1.82) is 0 Å². The fourth-order valence-corrected chi connectivity index (χ4v) is 3.66. The van der Waals surface area contributed by atoms with Gasteiger partial charge in [0.05, 0.1) is 11.4 Å². The maximum atomic E-state index is 6.20. The molecule has 3 aromatic rings. The Hall–Kier alpha value is -3.62. The number of aryl methyl sites for hydroxylation is 2. The minimum atomic E-state index is -0.234. The summed E-state index contributed by atoms with van der Waals surface area (Å²) >= 11 is 0. The van der Waals surface area contributed by atoms with Crippen molar-refractivity contribution >= 4 is 11.4 Å². The molecule has 0 saturated carbocycles. The van der Waals surface area contributed by atoms with Crippen molar-refractivity contribution in [2.75, 3.05) is 0 Å². The second-order valence-corrected chi connectivity index (χ2v) is 7.44. The van der Waals surface area contributed by atoms with Crippen molar-refractivity contribution < 1.29 is 8.83 Å². The normalized spacial score (nSPS) is 20.8. The Morgan fingerprint density at radius 3 is 2.27 bits per heavy atom. The van der Waals surface area contributed by atoms with Crippen LogP contribution in [0.1, 0.15) is 46.5 Å². The van der Waals surface area contributed by atoms with Gasteiger partial charge in [0.1, 0.15) is 23.0 Å². The SMILES string of the molecule is Cc1ccc(C2NNC=C(c3cccc(C4=CN(N)C(c5ccc(C)o5)N4)c3)N2)o1. The predicted molar refractivity (Wildman–Crippen MR) is 113 cm³/mol. The minimum Gasteiger partial charge on any atom is -0.463 e. The number of furan rings is 2. The van der Waals surface area contributed by atoms with Crippen LogP contribution in [0.3, 0.4) is 0 Å². The molecule has 0 radical (unpaired) electrons. The first-order valence-corrected chi connectivity index (χ1v) is 9.79. The van der Waals surface area contributed by atoms with E-state index in [4.69, 9.17) is 14.7 Å². The van der Waals surface area contributed by atoms with Crippen LogP contribution in [-0.4, -0.2) is 5.01 Å². The third-order valence-electron chi connectivity index (χ3n) is 5.17. The van der Waals surface area contributed by atoms with Gasteiger partial charge in [-0.2, -0.15) is 0 Å². The zero-order chi connectivity index (χ0) is 20.7. The quantitative estimate of drug-likeness (QED) is 0.423. The average Bonchev–Trinajstić information content (AvgIpc) is 3.48. The summed E-state index contributed by atoms with van der Waals surface area (Å²) in [6, 6.07) is 16.0. The van der Waals surface area contributed by atoms with E-state index in [1.54, 1.807) is 5.01 Å². The van der Waals surface area contributed by atoms with Gasteiger partial charge < -0.3 is 24.9 Å². The summed E-state index contributed by atoms with van der Waals surface area (Å²) in [6.45, 7) is 3.85. The maximum absolute atomic E-state index is 6.20. The van der Waals surface area contributed by atoms with Gasteiger partial charge in [-0.05, 0) is 55.3 Å². The number of nitrogens with one attached hydrogen (secondary N) is 4. The zero-order valence-corrected chi connectivity index (χ0v) is 16.8. The van der Waals surface area contributed by atoms with Crippen LogP contribution >= 0.6 is 0 Å². The fraction of sp³-hybridized carbons (Fsp3) is 0.182. The standard InChI is InChI=1S/C22H24N6O2/c1-13-6-8-19(29-13)21-25-17(11-24-27-21)15-4-3-5-16(10-15)18-12-28(23)22(26-18)20-9-7-14(2)30-20/h3-12,21-22,24-27H,23H2,1-2H3. The molecule has 4 heterocycles. The molecule has 0 fully saturated rings. The molecule has 2 aliphatic heterocycles. The highest BCUT2D eigenvalue weighted by atomic mass is 16.3. The smallest absolute Gasteiger partial charge is 0.172 e. The number of hydrazine groups is 2. The highest BCUT2D eigenvalue weighted by Crippen LogP contribution is 2.30. The third-order valence-corrected chi connectivity index (χ3v) is 5.17. The van der Waals surface area contributed by atoms with E-state index in [0.717, 1.165) is 45.6 Å². The number of hydrogen-bond acceptors (Lipinski definition) is 8. The molecule has 154 valence electrons. The van der Waals surface area contributed by atoms with E-state index < -0.39 is 0 Å². The van der Waals surface area contributed by atoms with Gasteiger partial charge >= 0.3 is 0 Å². The van der Waals surface area contributed by atoms with Crippen LogP contribution in [0.25, 0.3) is 11.4 Å². The Bertz CT molecular complexity index is 1110. The fourth-order valence-electron chi connectivity index (χ4n) is 3.66. The van der Waals surface area contributed by atoms with Gasteiger partial charge in [0.2, 0.25) is 0 Å². The van der Waals surface area contributed by atoms with Crippen LogP contribution in [0.5, 0.6) is 0 Å². The van der Waals surface area contributed by atoms with Gasteiger partial charge in [-0.25, -0.2) is 11.3 Å². The topological polar surface area (TPSA) is 104 Å². The first-order chi connectivity index (χ1) is 14.6. The Balaban J connectivity index is 1.36. The number of nitrogens with zero attached hydrogens (tertiary/aromatic N) is 1. The molecule has 0 aliphatic carbocycles. The summed E-state index contributed by atoms with van der Waals surface area (Å²) in [5, 5.41) is 8.53. The molecule has 6 N–H and O–H groups in total. The summed E-state index contributed by atoms with van der Waals surface area (Å²) in [6.07, 6.45) is 3.38. The number of benzene rings is 1. The van der Waals surface area contributed by atoms with Gasteiger partial charge in [0.15, 0.2) is 12.3 Å². The van der Waals surface area contributed by atoms with Gasteiger partial charge in [-0.3, -0.25) is 5.01 Å². The Kier molecular flexibility index (Phi) is 4.50. The molecular weight excluding hydrogens is 380 g/mol. The lowest BCUT2D eigenvalue weighted by atomic mass is 10.1. The van der Waals surface area contributed by atoms with Crippen molar-refractivity contribution in [2.45, 2.75) is 26.2 Å². The predicted octanol–water partition coefficient (Wildman–Crippen LogP) is 2.96. The van der Waals surface area contributed by atoms with Crippen LogP contribution in [0.2, 0.25) is 0 Å². The van der Waals surface area contributed by atoms with E-state index in [0.29, 0.717) is 0 Å².